The number of anilines is 1. The molecule has 0 heterocycles. The van der Waals surface area contributed by atoms with E-state index in [1.54, 1.807) is 36.4 Å². The van der Waals surface area contributed by atoms with Crippen molar-refractivity contribution in [3.8, 4) is 28.7 Å². The Kier molecular flexibility index (Phi) is 9.61. The molecule has 3 aromatic rings. The summed E-state index contributed by atoms with van der Waals surface area (Å²) in [6.45, 7) is 1.25. The van der Waals surface area contributed by atoms with E-state index in [2.05, 4.69) is 10.5 Å². The van der Waals surface area contributed by atoms with Crippen molar-refractivity contribution >= 4 is 27.8 Å². The zero-order chi connectivity index (χ0) is 28.6. The van der Waals surface area contributed by atoms with Gasteiger partial charge in [0, 0.05) is 11.6 Å². The Morgan fingerprint density at radius 3 is 2.00 bits per heavy atom. The highest BCUT2D eigenvalue weighted by molar-refractivity contribution is 7.92. The van der Waals surface area contributed by atoms with E-state index in [4.69, 9.17) is 23.7 Å². The van der Waals surface area contributed by atoms with Gasteiger partial charge in [0.1, 0.15) is 18.0 Å². The lowest BCUT2D eigenvalue weighted by molar-refractivity contribution is -0.119. The molecule has 0 spiro atoms. The normalized spacial score (nSPS) is 11.1. The highest BCUT2D eigenvalue weighted by atomic mass is 32.2. The molecule has 12 heteroatoms. The number of hydrazone groups is 1. The van der Waals surface area contributed by atoms with Crippen molar-refractivity contribution < 1.29 is 36.9 Å². The van der Waals surface area contributed by atoms with E-state index in [0.717, 1.165) is 9.87 Å². The van der Waals surface area contributed by atoms with Gasteiger partial charge in [0.05, 0.1) is 52.3 Å². The monoisotopic (exact) mass is 557 g/mol. The highest BCUT2D eigenvalue weighted by Gasteiger charge is 2.30. The van der Waals surface area contributed by atoms with E-state index >= 15 is 0 Å². The molecule has 0 aliphatic heterocycles. The van der Waals surface area contributed by atoms with Crippen molar-refractivity contribution in [2.45, 2.75) is 11.8 Å². The van der Waals surface area contributed by atoms with Gasteiger partial charge in [-0.15, -0.1) is 0 Å². The fourth-order valence-corrected chi connectivity index (χ4v) is 5.07. The molecule has 0 bridgehead atoms. The van der Waals surface area contributed by atoms with Gasteiger partial charge in [-0.25, -0.2) is 13.8 Å². The molecular formula is C27H31N3O8S. The summed E-state index contributed by atoms with van der Waals surface area (Å²) in [5.74, 6) is 1.15. The fraction of sp³-hybridized carbons (Fsp3) is 0.259. The summed E-state index contributed by atoms with van der Waals surface area (Å²) in [5, 5.41) is 3.98. The molecule has 208 valence electrons. The van der Waals surface area contributed by atoms with Crippen LogP contribution in [0.4, 0.5) is 5.69 Å². The lowest BCUT2D eigenvalue weighted by atomic mass is 10.2. The second kappa shape index (κ2) is 12.9. The number of hydrogen-bond acceptors (Lipinski definition) is 9. The van der Waals surface area contributed by atoms with Gasteiger partial charge >= 0.3 is 0 Å². The molecule has 0 saturated carbocycles. The van der Waals surface area contributed by atoms with Gasteiger partial charge < -0.3 is 23.7 Å². The molecule has 3 aromatic carbocycles. The second-order valence-electron chi connectivity index (χ2n) is 8.11. The summed E-state index contributed by atoms with van der Waals surface area (Å²) in [6.07, 6.45) is 1.37. The van der Waals surface area contributed by atoms with Gasteiger partial charge in [-0.1, -0.05) is 17.7 Å². The van der Waals surface area contributed by atoms with Crippen LogP contribution in [0, 0.1) is 6.92 Å². The third-order valence-corrected chi connectivity index (χ3v) is 7.41. The van der Waals surface area contributed by atoms with E-state index in [-0.39, 0.29) is 16.3 Å². The second-order valence-corrected chi connectivity index (χ2v) is 9.98. The van der Waals surface area contributed by atoms with Crippen molar-refractivity contribution in [2.24, 2.45) is 5.10 Å². The van der Waals surface area contributed by atoms with Crippen LogP contribution in [-0.2, 0) is 14.8 Å². The van der Waals surface area contributed by atoms with Crippen LogP contribution in [0.25, 0.3) is 0 Å². The standard InChI is InChI=1S/C27H31N3O8S/c1-18-7-10-21(11-8-18)39(32,33)30(22-15-20(34-2)9-12-23(22)35-3)17-26(31)29-28-16-19-13-24(36-4)27(38-6)25(14-19)37-5/h7-16H,17H2,1-6H3,(H,29,31)/b28-16-. The molecule has 39 heavy (non-hydrogen) atoms. The predicted molar refractivity (Wildman–Crippen MR) is 147 cm³/mol. The number of nitrogens with one attached hydrogen (secondary N) is 1. The maximum atomic E-state index is 13.7. The average Bonchev–Trinajstić information content (AvgIpc) is 2.95. The number of carbonyl (C=O) groups excluding carboxylic acids is 1. The largest absolute Gasteiger partial charge is 0.497 e. The number of ether oxygens (including phenoxy) is 5. The van der Waals surface area contributed by atoms with E-state index < -0.39 is 22.5 Å². The highest BCUT2D eigenvalue weighted by Crippen LogP contribution is 2.38. The van der Waals surface area contributed by atoms with Gasteiger partial charge in [0.2, 0.25) is 5.75 Å². The maximum Gasteiger partial charge on any atom is 0.264 e. The molecule has 0 unspecified atom stereocenters. The third-order valence-electron chi connectivity index (χ3n) is 5.64. The molecule has 0 aromatic heterocycles. The number of hydrogen-bond donors (Lipinski definition) is 1. The molecule has 0 atom stereocenters. The predicted octanol–water partition coefficient (Wildman–Crippen LogP) is 3.38. The summed E-state index contributed by atoms with van der Waals surface area (Å²) >= 11 is 0. The molecule has 0 fully saturated rings. The van der Waals surface area contributed by atoms with Crippen LogP contribution < -0.4 is 33.4 Å². The maximum absolute atomic E-state index is 13.7. The molecule has 0 radical (unpaired) electrons. The van der Waals surface area contributed by atoms with E-state index in [1.807, 2.05) is 6.92 Å². The zero-order valence-corrected chi connectivity index (χ0v) is 23.4. The number of sulfonamides is 1. The average molecular weight is 558 g/mol. The first-order valence-electron chi connectivity index (χ1n) is 11.6. The Morgan fingerprint density at radius 2 is 1.46 bits per heavy atom. The number of nitrogens with zero attached hydrogens (tertiary/aromatic N) is 2. The summed E-state index contributed by atoms with van der Waals surface area (Å²) < 4.78 is 55.0. The van der Waals surface area contributed by atoms with E-state index in [9.17, 15) is 13.2 Å². The topological polar surface area (TPSA) is 125 Å². The Morgan fingerprint density at radius 1 is 0.846 bits per heavy atom. The first-order valence-corrected chi connectivity index (χ1v) is 13.1. The van der Waals surface area contributed by atoms with Crippen LogP contribution in [0.2, 0.25) is 0 Å². The minimum atomic E-state index is -4.19. The van der Waals surface area contributed by atoms with Crippen LogP contribution in [-0.4, -0.2) is 62.6 Å². The lowest BCUT2D eigenvalue weighted by Crippen LogP contribution is -2.39. The quantitative estimate of drug-likeness (QED) is 0.265. The fourth-order valence-electron chi connectivity index (χ4n) is 3.65. The Hall–Kier alpha value is -4.45. The van der Waals surface area contributed by atoms with Gasteiger partial charge in [-0.3, -0.25) is 9.10 Å². The van der Waals surface area contributed by atoms with E-state index in [0.29, 0.717) is 28.6 Å². The molecule has 0 aliphatic rings. The molecule has 1 amide bonds. The number of carbonyl (C=O) groups is 1. The number of benzene rings is 3. The SMILES string of the molecule is COc1ccc(OC)c(N(CC(=O)N/N=C\c2cc(OC)c(OC)c(OC)c2)S(=O)(=O)c2ccc(C)cc2)c1. The van der Waals surface area contributed by atoms with Crippen LogP contribution in [0.3, 0.4) is 0 Å². The summed E-state index contributed by atoms with van der Waals surface area (Å²) in [4.78, 5) is 13.0. The summed E-state index contributed by atoms with van der Waals surface area (Å²) in [6, 6.07) is 14.3. The van der Waals surface area contributed by atoms with Crippen molar-refractivity contribution in [1.82, 2.24) is 5.43 Å². The third kappa shape index (κ3) is 6.71. The summed E-state index contributed by atoms with van der Waals surface area (Å²) in [7, 11) is 3.12. The molecule has 3 rings (SSSR count). The number of rotatable bonds is 12. The smallest absolute Gasteiger partial charge is 0.264 e. The van der Waals surface area contributed by atoms with E-state index in [1.165, 1.54) is 60.0 Å². The Bertz CT molecular complexity index is 1410. The van der Waals surface area contributed by atoms with Gasteiger partial charge in [0.25, 0.3) is 15.9 Å². The Labute approximate surface area is 227 Å². The van der Waals surface area contributed by atoms with Crippen LogP contribution in [0.15, 0.2) is 64.6 Å². The number of amides is 1. The molecule has 0 aliphatic carbocycles. The first-order chi connectivity index (χ1) is 18.7. The first kappa shape index (κ1) is 29.1. The van der Waals surface area contributed by atoms with Crippen LogP contribution >= 0.6 is 0 Å². The molecule has 11 nitrogen and oxygen atoms in total. The Balaban J connectivity index is 1.94. The van der Waals surface area contributed by atoms with Gasteiger partial charge in [0.15, 0.2) is 11.5 Å². The molecule has 0 saturated heterocycles. The molecular weight excluding hydrogens is 526 g/mol. The van der Waals surface area contributed by atoms with Crippen molar-refractivity contribution in [1.29, 1.82) is 0 Å². The van der Waals surface area contributed by atoms with Crippen LogP contribution in [0.1, 0.15) is 11.1 Å². The summed E-state index contributed by atoms with van der Waals surface area (Å²) in [5.41, 5.74) is 3.93. The molecule has 1 N–H and O–H groups in total. The van der Waals surface area contributed by atoms with Crippen molar-refractivity contribution in [3.63, 3.8) is 0 Å². The van der Waals surface area contributed by atoms with Gasteiger partial charge in [-0.2, -0.15) is 5.10 Å². The zero-order valence-electron chi connectivity index (χ0n) is 22.5. The van der Waals surface area contributed by atoms with Crippen molar-refractivity contribution in [3.05, 3.63) is 65.7 Å². The number of methoxy groups -OCH3 is 5. The van der Waals surface area contributed by atoms with Crippen LogP contribution in [0.5, 0.6) is 28.7 Å². The van der Waals surface area contributed by atoms with Crippen molar-refractivity contribution in [2.75, 3.05) is 46.4 Å². The lowest BCUT2D eigenvalue weighted by Gasteiger charge is -2.25. The minimum absolute atomic E-state index is 0.00620. The minimum Gasteiger partial charge on any atom is -0.497 e. The van der Waals surface area contributed by atoms with Gasteiger partial charge in [-0.05, 0) is 43.3 Å². The number of aryl methyl sites for hydroxylation is 1.